The maximum absolute atomic E-state index is 11.7. The van der Waals surface area contributed by atoms with E-state index in [-0.39, 0.29) is 24.3 Å². The molecule has 2 aliphatic heterocycles. The van der Waals surface area contributed by atoms with Gasteiger partial charge < -0.3 is 14.9 Å². The van der Waals surface area contributed by atoms with E-state index < -0.39 is 6.10 Å². The summed E-state index contributed by atoms with van der Waals surface area (Å²) in [5.41, 5.74) is 0.953. The van der Waals surface area contributed by atoms with Crippen LogP contribution < -0.4 is 0 Å². The molecule has 0 saturated carbocycles. The number of hydrogen-bond acceptors (Lipinski definition) is 4. The van der Waals surface area contributed by atoms with E-state index in [2.05, 4.69) is 0 Å². The molecule has 4 atom stereocenters. The van der Waals surface area contributed by atoms with E-state index in [0.717, 1.165) is 12.0 Å². The zero-order valence-electron chi connectivity index (χ0n) is 11.3. The first-order chi connectivity index (χ1) is 8.99. The monoisotopic (exact) mass is 267 g/mol. The highest BCUT2D eigenvalue weighted by Crippen LogP contribution is 2.30. The molecule has 4 unspecified atom stereocenters. The second kappa shape index (κ2) is 5.75. The van der Waals surface area contributed by atoms with Crippen molar-refractivity contribution in [2.24, 2.45) is 0 Å². The number of cyclic esters (lactones) is 1. The summed E-state index contributed by atoms with van der Waals surface area (Å²) in [6.07, 6.45) is 5.43. The van der Waals surface area contributed by atoms with E-state index in [4.69, 9.17) is 4.74 Å². The van der Waals surface area contributed by atoms with Gasteiger partial charge >= 0.3 is 6.09 Å². The Labute approximate surface area is 113 Å². The molecule has 19 heavy (non-hydrogen) atoms. The molecular weight excluding hydrogens is 246 g/mol. The lowest BCUT2D eigenvalue weighted by molar-refractivity contribution is 0.126. The molecule has 0 aromatic heterocycles. The van der Waals surface area contributed by atoms with Gasteiger partial charge in [-0.1, -0.05) is 12.2 Å². The number of hydrogen-bond donors (Lipinski definition) is 2. The Morgan fingerprint density at radius 2 is 2.37 bits per heavy atom. The van der Waals surface area contributed by atoms with E-state index >= 15 is 0 Å². The molecule has 2 aliphatic rings. The highest BCUT2D eigenvalue weighted by Gasteiger charge is 2.43. The first-order valence-electron chi connectivity index (χ1n) is 6.67. The molecule has 1 amide bonds. The number of carbonyl (C=O) groups is 1. The zero-order chi connectivity index (χ0) is 14.0. The van der Waals surface area contributed by atoms with Crippen LogP contribution in [0.3, 0.4) is 0 Å². The van der Waals surface area contributed by atoms with Gasteiger partial charge in [-0.2, -0.15) is 0 Å². The molecular formula is C14H21NO4. The van der Waals surface area contributed by atoms with Crippen molar-refractivity contribution in [1.29, 1.82) is 0 Å². The van der Waals surface area contributed by atoms with Gasteiger partial charge in [0.25, 0.3) is 0 Å². The molecule has 5 heteroatoms. The molecule has 1 fully saturated rings. The first-order valence-corrected chi connectivity index (χ1v) is 6.67. The molecule has 2 rings (SSSR count). The normalized spacial score (nSPS) is 32.2. The van der Waals surface area contributed by atoms with Crippen LogP contribution in [0.25, 0.3) is 0 Å². The zero-order valence-corrected chi connectivity index (χ0v) is 11.3. The molecule has 0 aromatic rings. The van der Waals surface area contributed by atoms with Crippen molar-refractivity contribution in [1.82, 2.24) is 4.90 Å². The van der Waals surface area contributed by atoms with Crippen LogP contribution in [0.2, 0.25) is 0 Å². The Hall–Kier alpha value is -1.33. The summed E-state index contributed by atoms with van der Waals surface area (Å²) in [4.78, 5) is 13.3. The minimum Gasteiger partial charge on any atom is -0.439 e. The summed E-state index contributed by atoms with van der Waals surface area (Å²) in [6.45, 7) is 3.94. The summed E-state index contributed by atoms with van der Waals surface area (Å²) < 4.78 is 5.32. The Morgan fingerprint density at radius 3 is 3.05 bits per heavy atom. The number of amides is 1. The average molecular weight is 267 g/mol. The lowest BCUT2D eigenvalue weighted by Crippen LogP contribution is -2.45. The molecule has 0 aliphatic carbocycles. The second-order valence-electron chi connectivity index (χ2n) is 5.28. The topological polar surface area (TPSA) is 70.0 Å². The molecule has 0 aromatic carbocycles. The van der Waals surface area contributed by atoms with Crippen molar-refractivity contribution < 1.29 is 19.7 Å². The standard InChI is InChI=1S/C14H21NO4/c1-9-7-11(17)8-15-13(9)12(19-14(15)18)6-4-3-5-10(2)16/h4,6-7,10-13,16-17H,3,5,8H2,1-2H3. The van der Waals surface area contributed by atoms with Crippen molar-refractivity contribution in [3.63, 3.8) is 0 Å². The summed E-state index contributed by atoms with van der Waals surface area (Å²) in [6, 6.07) is -0.112. The Bertz CT molecular complexity index is 402. The van der Waals surface area contributed by atoms with Crippen molar-refractivity contribution in [3.8, 4) is 0 Å². The molecule has 106 valence electrons. The van der Waals surface area contributed by atoms with E-state index in [1.807, 2.05) is 19.1 Å². The maximum Gasteiger partial charge on any atom is 0.411 e. The fourth-order valence-electron chi connectivity index (χ4n) is 2.60. The van der Waals surface area contributed by atoms with Crippen molar-refractivity contribution in [2.75, 3.05) is 6.54 Å². The Kier molecular flexibility index (Phi) is 4.27. The number of carbonyl (C=O) groups excluding carboxylic acids is 1. The van der Waals surface area contributed by atoms with Crippen LogP contribution in [0.5, 0.6) is 0 Å². The number of rotatable bonds is 4. The van der Waals surface area contributed by atoms with Gasteiger partial charge in [0, 0.05) is 0 Å². The number of allylic oxidation sites excluding steroid dienone is 1. The first kappa shape index (κ1) is 14.1. The maximum atomic E-state index is 11.7. The summed E-state index contributed by atoms with van der Waals surface area (Å²) in [7, 11) is 0. The SMILES string of the molecule is CC1=CC(O)CN2C(=O)OC(C=CCCC(C)O)C12. The van der Waals surface area contributed by atoms with Crippen LogP contribution in [0, 0.1) is 0 Å². The molecule has 5 nitrogen and oxygen atoms in total. The van der Waals surface area contributed by atoms with Crippen LogP contribution in [-0.4, -0.2) is 52.1 Å². The van der Waals surface area contributed by atoms with Crippen LogP contribution in [-0.2, 0) is 4.74 Å². The predicted octanol–water partition coefficient (Wildman–Crippen LogP) is 1.21. The lowest BCUT2D eigenvalue weighted by Gasteiger charge is -2.30. The van der Waals surface area contributed by atoms with Gasteiger partial charge in [-0.3, -0.25) is 4.90 Å². The van der Waals surface area contributed by atoms with Crippen molar-refractivity contribution >= 4 is 6.09 Å². The van der Waals surface area contributed by atoms with E-state index in [0.29, 0.717) is 13.0 Å². The van der Waals surface area contributed by atoms with E-state index in [1.165, 1.54) is 0 Å². The van der Waals surface area contributed by atoms with Gasteiger partial charge in [-0.15, -0.1) is 0 Å². The summed E-state index contributed by atoms with van der Waals surface area (Å²) in [5.74, 6) is 0. The molecule has 0 bridgehead atoms. The highest BCUT2D eigenvalue weighted by molar-refractivity contribution is 5.72. The third kappa shape index (κ3) is 3.16. The minimum absolute atomic E-state index is 0.112. The smallest absolute Gasteiger partial charge is 0.411 e. The van der Waals surface area contributed by atoms with Crippen molar-refractivity contribution in [2.45, 2.75) is 51.0 Å². The Morgan fingerprint density at radius 1 is 1.63 bits per heavy atom. The largest absolute Gasteiger partial charge is 0.439 e. The van der Waals surface area contributed by atoms with Crippen LogP contribution >= 0.6 is 0 Å². The van der Waals surface area contributed by atoms with Gasteiger partial charge in [0.05, 0.1) is 24.8 Å². The van der Waals surface area contributed by atoms with Gasteiger partial charge in [-0.25, -0.2) is 4.79 Å². The molecule has 0 radical (unpaired) electrons. The van der Waals surface area contributed by atoms with Gasteiger partial charge in [0.2, 0.25) is 0 Å². The van der Waals surface area contributed by atoms with E-state index in [9.17, 15) is 15.0 Å². The molecule has 2 heterocycles. The second-order valence-corrected chi connectivity index (χ2v) is 5.28. The third-order valence-electron chi connectivity index (χ3n) is 3.50. The molecule has 0 spiro atoms. The molecule has 1 saturated heterocycles. The number of aliphatic hydroxyl groups is 2. The minimum atomic E-state index is -0.609. The van der Waals surface area contributed by atoms with Gasteiger partial charge in [0.1, 0.15) is 6.10 Å². The fourth-order valence-corrected chi connectivity index (χ4v) is 2.60. The molecule has 2 N–H and O–H groups in total. The van der Waals surface area contributed by atoms with E-state index in [1.54, 1.807) is 17.9 Å². The quantitative estimate of drug-likeness (QED) is 0.751. The Balaban J connectivity index is 2.02. The number of aliphatic hydroxyl groups excluding tert-OH is 2. The van der Waals surface area contributed by atoms with Crippen molar-refractivity contribution in [3.05, 3.63) is 23.8 Å². The average Bonchev–Trinajstić information content (AvgIpc) is 2.62. The lowest BCUT2D eigenvalue weighted by atomic mass is 9.96. The number of ether oxygens (including phenoxy) is 1. The van der Waals surface area contributed by atoms with Crippen LogP contribution in [0.1, 0.15) is 26.7 Å². The predicted molar refractivity (Wildman–Crippen MR) is 70.6 cm³/mol. The van der Waals surface area contributed by atoms with Crippen LogP contribution in [0.4, 0.5) is 4.79 Å². The highest BCUT2D eigenvalue weighted by atomic mass is 16.6. The van der Waals surface area contributed by atoms with Crippen LogP contribution in [0.15, 0.2) is 23.8 Å². The van der Waals surface area contributed by atoms with Gasteiger partial charge in [-0.05, 0) is 38.3 Å². The third-order valence-corrected chi connectivity index (χ3v) is 3.50. The number of fused-ring (bicyclic) bond motifs is 1. The van der Waals surface area contributed by atoms with Gasteiger partial charge in [0.15, 0.2) is 0 Å². The number of nitrogens with zero attached hydrogens (tertiary/aromatic N) is 1. The summed E-state index contributed by atoms with van der Waals surface area (Å²) in [5, 5.41) is 18.8. The summed E-state index contributed by atoms with van der Waals surface area (Å²) >= 11 is 0. The fraction of sp³-hybridized carbons (Fsp3) is 0.643.